The number of hydrogen-bond donors (Lipinski definition) is 3. The minimum absolute atomic E-state index is 0. The van der Waals surface area contributed by atoms with Gasteiger partial charge < -0.3 is 15.5 Å². The van der Waals surface area contributed by atoms with E-state index in [-0.39, 0.29) is 14.9 Å². The van der Waals surface area contributed by atoms with E-state index in [1.807, 2.05) is 0 Å². The first-order valence-corrected chi connectivity index (χ1v) is 4.49. The molecular formula is C10H22F3NO3. The van der Waals surface area contributed by atoms with Crippen molar-refractivity contribution in [2.45, 2.75) is 33.9 Å². The lowest BCUT2D eigenvalue weighted by molar-refractivity contribution is -0.192. The molecule has 0 atom stereocenters. The molecule has 0 amide bonds. The lowest BCUT2D eigenvalue weighted by atomic mass is 10.00. The standard InChI is InChI=1S/C6H13NO.C2HF3O2.2CH4/c8-5-6-1-3-7-4-2-6;3-2(4,5)1(6)7;;/h6-8H,1-5H2;(H,6,7);2*1H4. The van der Waals surface area contributed by atoms with Crippen molar-refractivity contribution < 1.29 is 28.2 Å². The Morgan fingerprint density at radius 2 is 1.59 bits per heavy atom. The number of aliphatic hydroxyl groups is 1. The smallest absolute Gasteiger partial charge is 0.475 e. The quantitative estimate of drug-likeness (QED) is 0.674. The normalized spacial score (nSPS) is 15.8. The number of halogens is 3. The Kier molecular flexibility index (Phi) is 13.1. The van der Waals surface area contributed by atoms with Crippen LogP contribution in [0.3, 0.4) is 0 Å². The molecule has 1 aliphatic rings. The molecule has 106 valence electrons. The molecule has 1 fully saturated rings. The monoisotopic (exact) mass is 261 g/mol. The number of carboxylic acid groups (broad SMARTS) is 1. The molecule has 0 unspecified atom stereocenters. The number of carbonyl (C=O) groups is 1. The van der Waals surface area contributed by atoms with E-state index in [1.54, 1.807) is 0 Å². The van der Waals surface area contributed by atoms with Gasteiger partial charge in [-0.05, 0) is 31.8 Å². The van der Waals surface area contributed by atoms with Crippen molar-refractivity contribution >= 4 is 5.97 Å². The summed E-state index contributed by atoms with van der Waals surface area (Å²) in [5, 5.41) is 19.0. The summed E-state index contributed by atoms with van der Waals surface area (Å²) in [6.45, 7) is 2.55. The highest BCUT2D eigenvalue weighted by atomic mass is 19.4. The van der Waals surface area contributed by atoms with E-state index in [0.29, 0.717) is 12.5 Å². The van der Waals surface area contributed by atoms with Crippen LogP contribution in [0.25, 0.3) is 0 Å². The van der Waals surface area contributed by atoms with Gasteiger partial charge >= 0.3 is 12.1 Å². The van der Waals surface area contributed by atoms with Gasteiger partial charge in [-0.2, -0.15) is 13.2 Å². The van der Waals surface area contributed by atoms with Crippen LogP contribution in [0, 0.1) is 5.92 Å². The predicted molar refractivity (Wildman–Crippen MR) is 59.8 cm³/mol. The molecule has 0 radical (unpaired) electrons. The molecule has 1 heterocycles. The summed E-state index contributed by atoms with van der Waals surface area (Å²) in [5.41, 5.74) is 0. The molecule has 7 heteroatoms. The van der Waals surface area contributed by atoms with Crippen molar-refractivity contribution in [2.75, 3.05) is 19.7 Å². The zero-order valence-electron chi connectivity index (χ0n) is 8.05. The highest BCUT2D eigenvalue weighted by Crippen LogP contribution is 2.13. The number of hydrogen-bond acceptors (Lipinski definition) is 3. The fourth-order valence-corrected chi connectivity index (χ4v) is 1.06. The molecule has 1 saturated heterocycles. The highest BCUT2D eigenvalue weighted by Gasteiger charge is 2.38. The third kappa shape index (κ3) is 11.4. The summed E-state index contributed by atoms with van der Waals surface area (Å²) < 4.78 is 31.7. The van der Waals surface area contributed by atoms with Gasteiger partial charge in [0.05, 0.1) is 0 Å². The molecule has 0 aromatic rings. The minimum Gasteiger partial charge on any atom is -0.475 e. The molecular weight excluding hydrogens is 239 g/mol. The second kappa shape index (κ2) is 10.3. The maximum atomic E-state index is 10.6. The number of alkyl halides is 3. The molecule has 0 bridgehead atoms. The van der Waals surface area contributed by atoms with E-state index in [0.717, 1.165) is 25.9 Å². The van der Waals surface area contributed by atoms with Crippen LogP contribution in [0.4, 0.5) is 13.2 Å². The van der Waals surface area contributed by atoms with Gasteiger partial charge in [0.1, 0.15) is 0 Å². The lowest BCUT2D eigenvalue weighted by Crippen LogP contribution is -2.29. The molecule has 0 aromatic carbocycles. The Balaban J connectivity index is -0.000000208. The molecule has 17 heavy (non-hydrogen) atoms. The van der Waals surface area contributed by atoms with Gasteiger partial charge in [0.25, 0.3) is 0 Å². The van der Waals surface area contributed by atoms with Crippen molar-refractivity contribution in [1.29, 1.82) is 0 Å². The number of piperidine rings is 1. The Labute approximate surface area is 99.8 Å². The van der Waals surface area contributed by atoms with E-state index in [4.69, 9.17) is 15.0 Å². The number of aliphatic carboxylic acids is 1. The van der Waals surface area contributed by atoms with Gasteiger partial charge in [-0.15, -0.1) is 0 Å². The molecule has 1 rings (SSSR count). The van der Waals surface area contributed by atoms with Crippen molar-refractivity contribution in [1.82, 2.24) is 5.32 Å². The van der Waals surface area contributed by atoms with Gasteiger partial charge in [0.15, 0.2) is 0 Å². The van der Waals surface area contributed by atoms with Crippen LogP contribution in [-0.4, -0.2) is 42.1 Å². The second-order valence-corrected chi connectivity index (χ2v) is 3.18. The largest absolute Gasteiger partial charge is 0.490 e. The van der Waals surface area contributed by atoms with E-state index >= 15 is 0 Å². The predicted octanol–water partition coefficient (Wildman–Crippen LogP) is 1.88. The Morgan fingerprint density at radius 1 is 1.24 bits per heavy atom. The van der Waals surface area contributed by atoms with E-state index in [9.17, 15) is 13.2 Å². The first-order chi connectivity index (χ1) is 6.88. The number of carboxylic acids is 1. The fourth-order valence-electron chi connectivity index (χ4n) is 1.06. The van der Waals surface area contributed by atoms with Crippen LogP contribution in [0.15, 0.2) is 0 Å². The summed E-state index contributed by atoms with van der Waals surface area (Å²) in [5.74, 6) is -2.18. The first-order valence-electron chi connectivity index (χ1n) is 4.49. The first kappa shape index (κ1) is 21.5. The molecule has 4 nitrogen and oxygen atoms in total. The summed E-state index contributed by atoms with van der Waals surface area (Å²) in [7, 11) is 0. The molecule has 0 aromatic heterocycles. The zero-order chi connectivity index (χ0) is 11.9. The lowest BCUT2D eigenvalue weighted by Gasteiger charge is -2.19. The molecule has 0 saturated carbocycles. The molecule has 3 N–H and O–H groups in total. The Bertz CT molecular complexity index is 192. The summed E-state index contributed by atoms with van der Waals surface area (Å²) in [6, 6.07) is 0. The fraction of sp³-hybridized carbons (Fsp3) is 0.900. The average Bonchev–Trinajstić information content (AvgIpc) is 2.18. The van der Waals surface area contributed by atoms with Crippen LogP contribution in [0.5, 0.6) is 0 Å². The van der Waals surface area contributed by atoms with Gasteiger partial charge in [0.2, 0.25) is 0 Å². The number of aliphatic hydroxyl groups excluding tert-OH is 1. The van der Waals surface area contributed by atoms with Crippen molar-refractivity contribution in [3.05, 3.63) is 0 Å². The van der Waals surface area contributed by atoms with Crippen molar-refractivity contribution in [2.24, 2.45) is 5.92 Å². The number of rotatable bonds is 1. The van der Waals surface area contributed by atoms with Crippen LogP contribution in [0.1, 0.15) is 27.7 Å². The zero-order valence-corrected chi connectivity index (χ0v) is 8.05. The Morgan fingerprint density at radius 3 is 1.76 bits per heavy atom. The maximum Gasteiger partial charge on any atom is 0.490 e. The Hall–Kier alpha value is -0.820. The van der Waals surface area contributed by atoms with Crippen LogP contribution < -0.4 is 5.32 Å². The van der Waals surface area contributed by atoms with Crippen LogP contribution in [0.2, 0.25) is 0 Å². The van der Waals surface area contributed by atoms with Crippen LogP contribution in [-0.2, 0) is 4.79 Å². The van der Waals surface area contributed by atoms with Crippen molar-refractivity contribution in [3.63, 3.8) is 0 Å². The summed E-state index contributed by atoms with van der Waals surface area (Å²) in [4.78, 5) is 8.90. The topological polar surface area (TPSA) is 69.6 Å². The van der Waals surface area contributed by atoms with Crippen molar-refractivity contribution in [3.8, 4) is 0 Å². The summed E-state index contributed by atoms with van der Waals surface area (Å²) in [6.07, 6.45) is -2.78. The van der Waals surface area contributed by atoms with Gasteiger partial charge in [-0.3, -0.25) is 0 Å². The van der Waals surface area contributed by atoms with E-state index in [1.165, 1.54) is 0 Å². The molecule has 1 aliphatic heterocycles. The van der Waals surface area contributed by atoms with Gasteiger partial charge in [-0.1, -0.05) is 14.9 Å². The average molecular weight is 261 g/mol. The maximum absolute atomic E-state index is 10.6. The molecule has 0 spiro atoms. The minimum atomic E-state index is -5.08. The van der Waals surface area contributed by atoms with E-state index < -0.39 is 12.1 Å². The third-order valence-corrected chi connectivity index (χ3v) is 1.96. The van der Waals surface area contributed by atoms with Crippen LogP contribution >= 0.6 is 0 Å². The molecule has 0 aliphatic carbocycles. The third-order valence-electron chi connectivity index (χ3n) is 1.96. The van der Waals surface area contributed by atoms with Gasteiger partial charge in [-0.25, -0.2) is 4.79 Å². The van der Waals surface area contributed by atoms with Gasteiger partial charge in [0, 0.05) is 6.61 Å². The highest BCUT2D eigenvalue weighted by molar-refractivity contribution is 5.73. The number of nitrogens with one attached hydrogen (secondary N) is 1. The second-order valence-electron chi connectivity index (χ2n) is 3.18. The SMILES string of the molecule is C.C.O=C(O)C(F)(F)F.OCC1CCNCC1. The summed E-state index contributed by atoms with van der Waals surface area (Å²) >= 11 is 0. The van der Waals surface area contributed by atoms with E-state index in [2.05, 4.69) is 5.32 Å².